The van der Waals surface area contributed by atoms with Crippen molar-refractivity contribution in [2.45, 2.75) is 13.3 Å². The number of nitrogens with zero attached hydrogens (tertiary/aromatic N) is 4. The predicted octanol–water partition coefficient (Wildman–Crippen LogP) is 2.35. The standard InChI is InChI=1S/C18H22N4O2S/c1-2-14-25(23,24)21-12-10-20(11-13-21)18-17-8-5-9-22(17)16-7-4-3-6-15(16)19-18/h3-9H,2,10-14H2,1H3. The highest BCUT2D eigenvalue weighted by Gasteiger charge is 2.27. The first kappa shape index (κ1) is 16.4. The van der Waals surface area contributed by atoms with Crippen LogP contribution in [0.25, 0.3) is 16.6 Å². The second-order valence-corrected chi connectivity index (χ2v) is 8.48. The van der Waals surface area contributed by atoms with E-state index in [0.29, 0.717) is 32.6 Å². The minimum atomic E-state index is -3.12. The molecule has 0 radical (unpaired) electrons. The summed E-state index contributed by atoms with van der Waals surface area (Å²) < 4.78 is 28.3. The highest BCUT2D eigenvalue weighted by atomic mass is 32.2. The summed E-state index contributed by atoms with van der Waals surface area (Å²) in [7, 11) is -3.12. The number of sulfonamides is 1. The fraction of sp³-hybridized carbons (Fsp3) is 0.389. The monoisotopic (exact) mass is 358 g/mol. The Bertz CT molecular complexity index is 1000. The molecule has 6 nitrogen and oxygen atoms in total. The molecule has 0 saturated carbocycles. The van der Waals surface area contributed by atoms with Gasteiger partial charge in [-0.15, -0.1) is 0 Å². The molecule has 2 aromatic heterocycles. The van der Waals surface area contributed by atoms with E-state index in [1.807, 2.05) is 37.4 Å². The molecule has 1 aliphatic rings. The average molecular weight is 358 g/mol. The van der Waals surface area contributed by atoms with Crippen molar-refractivity contribution >= 4 is 32.4 Å². The number of rotatable bonds is 4. The summed E-state index contributed by atoms with van der Waals surface area (Å²) in [6, 6.07) is 12.2. The molecule has 0 unspecified atom stereocenters. The number of fused-ring (bicyclic) bond motifs is 3. The number of hydrogen-bond acceptors (Lipinski definition) is 4. The molecule has 0 spiro atoms. The van der Waals surface area contributed by atoms with Crippen LogP contribution in [0, 0.1) is 0 Å². The van der Waals surface area contributed by atoms with Crippen molar-refractivity contribution in [2.24, 2.45) is 0 Å². The van der Waals surface area contributed by atoms with Crippen molar-refractivity contribution in [1.29, 1.82) is 0 Å². The second-order valence-electron chi connectivity index (χ2n) is 6.39. The van der Waals surface area contributed by atoms with Gasteiger partial charge < -0.3 is 9.30 Å². The maximum absolute atomic E-state index is 12.3. The molecule has 3 aromatic rings. The Morgan fingerprint density at radius 3 is 2.48 bits per heavy atom. The first-order valence-corrected chi connectivity index (χ1v) is 10.3. The van der Waals surface area contributed by atoms with Crippen LogP contribution in [0.5, 0.6) is 0 Å². The van der Waals surface area contributed by atoms with Gasteiger partial charge in [-0.2, -0.15) is 4.31 Å². The van der Waals surface area contributed by atoms with Crippen molar-refractivity contribution in [2.75, 3.05) is 36.8 Å². The van der Waals surface area contributed by atoms with Crippen LogP contribution in [-0.4, -0.2) is 54.0 Å². The lowest BCUT2D eigenvalue weighted by Crippen LogP contribution is -2.49. The van der Waals surface area contributed by atoms with Gasteiger partial charge in [-0.25, -0.2) is 13.4 Å². The smallest absolute Gasteiger partial charge is 0.214 e. The summed E-state index contributed by atoms with van der Waals surface area (Å²) in [6.45, 7) is 4.26. The fourth-order valence-electron chi connectivity index (χ4n) is 3.50. The molecule has 1 fully saturated rings. The molecule has 25 heavy (non-hydrogen) atoms. The molecular weight excluding hydrogens is 336 g/mol. The molecule has 0 amide bonds. The molecule has 1 aromatic carbocycles. The molecule has 1 saturated heterocycles. The predicted molar refractivity (Wildman–Crippen MR) is 101 cm³/mol. The third kappa shape index (κ3) is 2.87. The fourth-order valence-corrected chi connectivity index (χ4v) is 5.00. The summed E-state index contributed by atoms with van der Waals surface area (Å²) in [5.41, 5.74) is 3.08. The van der Waals surface area contributed by atoms with Gasteiger partial charge in [0.25, 0.3) is 0 Å². The van der Waals surface area contributed by atoms with Crippen LogP contribution < -0.4 is 4.90 Å². The molecule has 132 valence electrons. The second kappa shape index (κ2) is 6.31. The van der Waals surface area contributed by atoms with Gasteiger partial charge in [0.2, 0.25) is 10.0 Å². The van der Waals surface area contributed by atoms with Crippen LogP contribution in [0.2, 0.25) is 0 Å². The topological polar surface area (TPSA) is 57.9 Å². The Morgan fingerprint density at radius 2 is 1.72 bits per heavy atom. The SMILES string of the molecule is CCCS(=O)(=O)N1CCN(c2nc3ccccc3n3cccc23)CC1. The minimum Gasteiger partial charge on any atom is -0.352 e. The number of para-hydroxylation sites is 2. The third-order valence-corrected chi connectivity index (χ3v) is 6.82. The molecular formula is C18H22N4O2S. The van der Waals surface area contributed by atoms with E-state index in [9.17, 15) is 8.42 Å². The van der Waals surface area contributed by atoms with Crippen LogP contribution in [0.4, 0.5) is 5.82 Å². The molecule has 7 heteroatoms. The summed E-state index contributed by atoms with van der Waals surface area (Å²) in [5.74, 6) is 1.15. The van der Waals surface area contributed by atoms with Crippen molar-refractivity contribution in [3.63, 3.8) is 0 Å². The summed E-state index contributed by atoms with van der Waals surface area (Å²) in [4.78, 5) is 7.05. The Labute approximate surface area is 147 Å². The molecule has 0 aliphatic carbocycles. The number of piperazine rings is 1. The Hall–Kier alpha value is -2.12. The van der Waals surface area contributed by atoms with Gasteiger partial charge >= 0.3 is 0 Å². The number of hydrogen-bond donors (Lipinski definition) is 0. The van der Waals surface area contributed by atoms with Crippen LogP contribution in [0.15, 0.2) is 42.6 Å². The van der Waals surface area contributed by atoms with E-state index in [2.05, 4.69) is 21.4 Å². The number of aromatic nitrogens is 2. The molecule has 1 aliphatic heterocycles. The first-order valence-electron chi connectivity index (χ1n) is 8.69. The Balaban J connectivity index is 1.66. The largest absolute Gasteiger partial charge is 0.352 e. The van der Waals surface area contributed by atoms with Crippen molar-refractivity contribution in [3.05, 3.63) is 42.6 Å². The lowest BCUT2D eigenvalue weighted by atomic mass is 10.2. The van der Waals surface area contributed by atoms with E-state index in [0.717, 1.165) is 22.4 Å². The van der Waals surface area contributed by atoms with Crippen molar-refractivity contribution < 1.29 is 8.42 Å². The lowest BCUT2D eigenvalue weighted by Gasteiger charge is -2.35. The van der Waals surface area contributed by atoms with Crippen molar-refractivity contribution in [1.82, 2.24) is 13.7 Å². The van der Waals surface area contributed by atoms with Gasteiger partial charge in [0.05, 0.1) is 22.3 Å². The van der Waals surface area contributed by atoms with Gasteiger partial charge in [0.15, 0.2) is 5.82 Å². The van der Waals surface area contributed by atoms with Crippen LogP contribution in [0.3, 0.4) is 0 Å². The third-order valence-electron chi connectivity index (χ3n) is 4.74. The highest BCUT2D eigenvalue weighted by Crippen LogP contribution is 2.26. The summed E-state index contributed by atoms with van der Waals surface area (Å²) >= 11 is 0. The lowest BCUT2D eigenvalue weighted by molar-refractivity contribution is 0.384. The van der Waals surface area contributed by atoms with E-state index in [-0.39, 0.29) is 5.75 Å². The zero-order chi connectivity index (χ0) is 17.4. The zero-order valence-electron chi connectivity index (χ0n) is 14.3. The number of anilines is 1. The molecule has 3 heterocycles. The van der Waals surface area contributed by atoms with E-state index < -0.39 is 10.0 Å². The van der Waals surface area contributed by atoms with E-state index in [4.69, 9.17) is 4.98 Å². The van der Waals surface area contributed by atoms with E-state index in [1.54, 1.807) is 4.31 Å². The van der Waals surface area contributed by atoms with E-state index in [1.165, 1.54) is 0 Å². The number of benzene rings is 1. The van der Waals surface area contributed by atoms with Gasteiger partial charge in [0, 0.05) is 32.4 Å². The summed E-state index contributed by atoms with van der Waals surface area (Å²) in [6.07, 6.45) is 2.70. The maximum Gasteiger partial charge on any atom is 0.214 e. The Kier molecular flexibility index (Phi) is 4.13. The van der Waals surface area contributed by atoms with Gasteiger partial charge in [-0.05, 0) is 30.7 Å². The van der Waals surface area contributed by atoms with Crippen LogP contribution >= 0.6 is 0 Å². The normalized spacial score (nSPS) is 16.8. The maximum atomic E-state index is 12.3. The molecule has 0 atom stereocenters. The van der Waals surface area contributed by atoms with Gasteiger partial charge in [-0.1, -0.05) is 19.1 Å². The highest BCUT2D eigenvalue weighted by molar-refractivity contribution is 7.89. The van der Waals surface area contributed by atoms with Gasteiger partial charge in [0.1, 0.15) is 0 Å². The first-order chi connectivity index (χ1) is 12.1. The molecule has 0 N–H and O–H groups in total. The van der Waals surface area contributed by atoms with Crippen molar-refractivity contribution in [3.8, 4) is 0 Å². The molecule has 4 rings (SSSR count). The quantitative estimate of drug-likeness (QED) is 0.718. The Morgan fingerprint density at radius 1 is 1.00 bits per heavy atom. The minimum absolute atomic E-state index is 0.226. The average Bonchev–Trinajstić information content (AvgIpc) is 3.11. The van der Waals surface area contributed by atoms with E-state index >= 15 is 0 Å². The zero-order valence-corrected chi connectivity index (χ0v) is 15.1. The molecule has 0 bridgehead atoms. The summed E-state index contributed by atoms with van der Waals surface area (Å²) in [5, 5.41) is 0. The van der Waals surface area contributed by atoms with Gasteiger partial charge in [-0.3, -0.25) is 0 Å². The van der Waals surface area contributed by atoms with Crippen LogP contribution in [0.1, 0.15) is 13.3 Å². The van der Waals surface area contributed by atoms with Crippen LogP contribution in [-0.2, 0) is 10.0 Å².